The number of amides is 1. The molecule has 0 spiro atoms. The lowest BCUT2D eigenvalue weighted by Crippen LogP contribution is -2.56. The van der Waals surface area contributed by atoms with Crippen molar-refractivity contribution in [3.63, 3.8) is 0 Å². The Morgan fingerprint density at radius 2 is 1.44 bits per heavy atom. The first kappa shape index (κ1) is 24.8. The molecule has 27 heavy (non-hydrogen) atoms. The second kappa shape index (κ2) is 8.24. The third kappa shape index (κ3) is 5.87. The number of aliphatic hydroxyl groups is 1. The molecule has 160 valence electrons. The molecule has 1 aliphatic rings. The molecule has 0 aromatic heterocycles. The van der Waals surface area contributed by atoms with E-state index < -0.39 is 41.2 Å². The van der Waals surface area contributed by atoms with Crippen LogP contribution in [0.1, 0.15) is 48.5 Å². The van der Waals surface area contributed by atoms with Gasteiger partial charge < -0.3 is 24.0 Å². The lowest BCUT2D eigenvalue weighted by atomic mass is 10.1. The van der Waals surface area contributed by atoms with Crippen molar-refractivity contribution in [1.82, 2.24) is 5.32 Å². The number of carbonyl (C=O) groups excluding carboxylic acids is 1. The second-order valence-electron chi connectivity index (χ2n) is 10.7. The minimum Gasteiger partial charge on any atom is -0.407 e. The van der Waals surface area contributed by atoms with E-state index in [2.05, 4.69) is 73.0 Å². The van der Waals surface area contributed by atoms with Gasteiger partial charge in [0, 0.05) is 6.92 Å². The third-order valence-electron chi connectivity index (χ3n) is 6.34. The Balaban J connectivity index is 3.24. The van der Waals surface area contributed by atoms with E-state index in [-0.39, 0.29) is 22.6 Å². The molecule has 8 heteroatoms. The number of aliphatic hydroxyl groups excluding tert-OH is 1. The Kier molecular flexibility index (Phi) is 7.56. The summed E-state index contributed by atoms with van der Waals surface area (Å²) in [7, 11) is -4.27. The SMILES string of the molecule is CC(=O)N[C@@H]1C(O[Si](C)(C)C(C)(C)C)[C@H](O[Si](C)(C)C(C)(C)C)O[C@@H]1CO. The molecule has 1 heterocycles. The average molecular weight is 420 g/mol. The maximum Gasteiger partial charge on any atom is 0.217 e. The van der Waals surface area contributed by atoms with E-state index in [1.54, 1.807) is 0 Å². The largest absolute Gasteiger partial charge is 0.407 e. The van der Waals surface area contributed by atoms with E-state index in [9.17, 15) is 9.90 Å². The number of carbonyl (C=O) groups is 1. The van der Waals surface area contributed by atoms with Crippen LogP contribution in [-0.4, -0.2) is 58.8 Å². The van der Waals surface area contributed by atoms with Gasteiger partial charge in [-0.2, -0.15) is 0 Å². The Hall–Kier alpha value is -0.256. The highest BCUT2D eigenvalue weighted by Crippen LogP contribution is 2.43. The van der Waals surface area contributed by atoms with Gasteiger partial charge in [0.2, 0.25) is 5.91 Å². The van der Waals surface area contributed by atoms with Gasteiger partial charge in [-0.25, -0.2) is 0 Å². The van der Waals surface area contributed by atoms with Crippen LogP contribution in [0.2, 0.25) is 36.3 Å². The molecule has 0 aliphatic carbocycles. The Labute approximate surface area is 167 Å². The van der Waals surface area contributed by atoms with E-state index >= 15 is 0 Å². The zero-order valence-electron chi connectivity index (χ0n) is 19.1. The molecule has 0 bridgehead atoms. The predicted molar refractivity (Wildman–Crippen MR) is 114 cm³/mol. The maximum atomic E-state index is 11.8. The fourth-order valence-electron chi connectivity index (χ4n) is 2.49. The highest BCUT2D eigenvalue weighted by atomic mass is 28.4. The quantitative estimate of drug-likeness (QED) is 0.643. The molecule has 1 saturated heterocycles. The fourth-order valence-corrected chi connectivity index (χ4v) is 4.91. The molecule has 0 saturated carbocycles. The van der Waals surface area contributed by atoms with Gasteiger partial charge >= 0.3 is 0 Å². The van der Waals surface area contributed by atoms with Crippen molar-refractivity contribution in [2.24, 2.45) is 0 Å². The Morgan fingerprint density at radius 3 is 1.81 bits per heavy atom. The van der Waals surface area contributed by atoms with Gasteiger partial charge in [0.15, 0.2) is 22.9 Å². The molecule has 1 fully saturated rings. The minimum absolute atomic E-state index is 0.00655. The van der Waals surface area contributed by atoms with Crippen molar-refractivity contribution in [2.75, 3.05) is 6.61 Å². The topological polar surface area (TPSA) is 77.0 Å². The molecule has 2 N–H and O–H groups in total. The standard InChI is InChI=1S/C19H41NO5Si2/c1-13(22)20-15-14(12-21)23-17(25-27(10,11)19(5,6)7)16(15)24-26(8,9)18(2,3)4/h14-17,21H,12H2,1-11H3,(H,20,22)/t14-,15+,16?,17+/m1/s1. The first-order valence-electron chi connectivity index (χ1n) is 9.82. The zero-order chi connectivity index (χ0) is 21.4. The van der Waals surface area contributed by atoms with E-state index in [4.69, 9.17) is 13.6 Å². The number of nitrogens with one attached hydrogen (secondary N) is 1. The summed E-state index contributed by atoms with van der Waals surface area (Å²) in [6.45, 7) is 23.0. The van der Waals surface area contributed by atoms with E-state index in [1.165, 1.54) is 6.92 Å². The van der Waals surface area contributed by atoms with Crippen LogP contribution in [0.15, 0.2) is 0 Å². The Morgan fingerprint density at radius 1 is 1.00 bits per heavy atom. The fraction of sp³-hybridized carbons (Fsp3) is 0.947. The monoisotopic (exact) mass is 419 g/mol. The number of hydrogen-bond donors (Lipinski definition) is 2. The summed E-state index contributed by atoms with van der Waals surface area (Å²) >= 11 is 0. The first-order valence-corrected chi connectivity index (χ1v) is 15.6. The summed E-state index contributed by atoms with van der Waals surface area (Å²) in [4.78, 5) is 11.8. The third-order valence-corrected chi connectivity index (χ3v) is 15.2. The summed E-state index contributed by atoms with van der Waals surface area (Å²) < 4.78 is 19.3. The normalized spacial score (nSPS) is 27.7. The minimum atomic E-state index is -2.15. The summed E-state index contributed by atoms with van der Waals surface area (Å²) in [6, 6.07) is -0.434. The number of ether oxygens (including phenoxy) is 1. The van der Waals surface area contributed by atoms with Crippen molar-refractivity contribution in [1.29, 1.82) is 0 Å². The summed E-state index contributed by atoms with van der Waals surface area (Å²) in [6.07, 6.45) is -1.59. The van der Waals surface area contributed by atoms with Crippen molar-refractivity contribution in [3.05, 3.63) is 0 Å². The molecule has 4 atom stereocenters. The molecule has 1 unspecified atom stereocenters. The first-order chi connectivity index (χ1) is 11.9. The van der Waals surface area contributed by atoms with Crippen LogP contribution in [0.25, 0.3) is 0 Å². The molecule has 1 amide bonds. The smallest absolute Gasteiger partial charge is 0.217 e. The molecular weight excluding hydrogens is 378 g/mol. The molecule has 0 aromatic carbocycles. The summed E-state index contributed by atoms with van der Waals surface area (Å²) in [5.41, 5.74) is 0. The van der Waals surface area contributed by atoms with Crippen molar-refractivity contribution >= 4 is 22.5 Å². The number of hydrogen-bond acceptors (Lipinski definition) is 5. The summed E-state index contributed by atoms with van der Waals surface area (Å²) in [5, 5.41) is 12.8. The van der Waals surface area contributed by atoms with Crippen LogP contribution in [-0.2, 0) is 18.4 Å². The van der Waals surface area contributed by atoms with E-state index in [0.717, 1.165) is 0 Å². The second-order valence-corrected chi connectivity index (χ2v) is 20.2. The van der Waals surface area contributed by atoms with Gasteiger partial charge in [-0.05, 0) is 36.3 Å². The molecule has 6 nitrogen and oxygen atoms in total. The van der Waals surface area contributed by atoms with Gasteiger partial charge in [-0.3, -0.25) is 4.79 Å². The lowest BCUT2D eigenvalue weighted by Gasteiger charge is -2.43. The predicted octanol–water partition coefficient (Wildman–Crippen LogP) is 3.62. The van der Waals surface area contributed by atoms with Gasteiger partial charge in [0.1, 0.15) is 12.2 Å². The van der Waals surface area contributed by atoms with Crippen LogP contribution < -0.4 is 5.32 Å². The van der Waals surface area contributed by atoms with Crippen LogP contribution in [0.4, 0.5) is 0 Å². The van der Waals surface area contributed by atoms with E-state index in [1.807, 2.05) is 0 Å². The molecule has 1 rings (SSSR count). The molecular formula is C19H41NO5Si2. The lowest BCUT2D eigenvalue weighted by molar-refractivity contribution is -0.121. The van der Waals surface area contributed by atoms with Crippen molar-refractivity contribution < 1.29 is 23.5 Å². The van der Waals surface area contributed by atoms with Gasteiger partial charge in [0.05, 0.1) is 12.6 Å². The zero-order valence-corrected chi connectivity index (χ0v) is 21.1. The van der Waals surface area contributed by atoms with Crippen LogP contribution >= 0.6 is 0 Å². The van der Waals surface area contributed by atoms with Crippen molar-refractivity contribution in [2.45, 2.75) is 109 Å². The van der Waals surface area contributed by atoms with Crippen LogP contribution in [0.3, 0.4) is 0 Å². The highest BCUT2D eigenvalue weighted by Gasteiger charge is 2.53. The van der Waals surface area contributed by atoms with E-state index in [0.29, 0.717) is 0 Å². The highest BCUT2D eigenvalue weighted by molar-refractivity contribution is 6.74. The van der Waals surface area contributed by atoms with Gasteiger partial charge in [-0.1, -0.05) is 41.5 Å². The molecule has 1 aliphatic heterocycles. The van der Waals surface area contributed by atoms with Crippen molar-refractivity contribution in [3.8, 4) is 0 Å². The van der Waals surface area contributed by atoms with Gasteiger partial charge in [0.25, 0.3) is 0 Å². The Bertz CT molecular complexity index is 525. The van der Waals surface area contributed by atoms with Crippen LogP contribution in [0, 0.1) is 0 Å². The maximum absolute atomic E-state index is 11.8. The van der Waals surface area contributed by atoms with Crippen LogP contribution in [0.5, 0.6) is 0 Å². The summed E-state index contributed by atoms with van der Waals surface area (Å²) in [5.74, 6) is -0.168. The van der Waals surface area contributed by atoms with Gasteiger partial charge in [-0.15, -0.1) is 0 Å². The molecule has 0 radical (unpaired) electrons. The number of rotatable bonds is 6. The average Bonchev–Trinajstić information content (AvgIpc) is 2.72. The molecule has 0 aromatic rings.